The molecule has 2 aliphatic rings. The Labute approximate surface area is 207 Å². The van der Waals surface area contributed by atoms with E-state index in [1.807, 2.05) is 23.1 Å². The molecule has 1 saturated heterocycles. The van der Waals surface area contributed by atoms with Gasteiger partial charge in [0.1, 0.15) is 0 Å². The van der Waals surface area contributed by atoms with Gasteiger partial charge < -0.3 is 19.0 Å². The smallest absolute Gasteiger partial charge is 0.225 e. The molecule has 1 heterocycles. The van der Waals surface area contributed by atoms with Crippen LogP contribution >= 0.6 is 0 Å². The molecule has 0 bridgehead atoms. The van der Waals surface area contributed by atoms with Crippen LogP contribution < -0.4 is 4.90 Å². The van der Waals surface area contributed by atoms with E-state index in [9.17, 15) is 4.79 Å². The van der Waals surface area contributed by atoms with E-state index in [0.29, 0.717) is 50.1 Å². The van der Waals surface area contributed by atoms with Crippen molar-refractivity contribution in [2.24, 2.45) is 5.92 Å². The Morgan fingerprint density at radius 2 is 1.74 bits per heavy atom. The average molecular weight is 493 g/mol. The van der Waals surface area contributed by atoms with Crippen LogP contribution in [-0.2, 0) is 20.6 Å². The molecule has 1 aromatic carbocycles. The molecule has 2 fully saturated rings. The third kappa shape index (κ3) is 6.61. The first-order valence-electron chi connectivity index (χ1n) is 13.1. The van der Waals surface area contributed by atoms with Crippen molar-refractivity contribution in [1.82, 2.24) is 4.90 Å². The monoisotopic (exact) mass is 492 g/mol. The summed E-state index contributed by atoms with van der Waals surface area (Å²) in [5.74, 6) is 0.192. The molecule has 1 saturated carbocycles. The number of anilines is 1. The van der Waals surface area contributed by atoms with Gasteiger partial charge in [-0.05, 0) is 56.3 Å². The quantitative estimate of drug-likeness (QED) is 0.419. The van der Waals surface area contributed by atoms with E-state index in [1.165, 1.54) is 0 Å². The number of benzene rings is 1. The van der Waals surface area contributed by atoms with Gasteiger partial charge in [0.15, 0.2) is 14.1 Å². The third-order valence-electron chi connectivity index (χ3n) is 7.97. The minimum absolute atomic E-state index is 0.0890. The first-order valence-corrected chi connectivity index (χ1v) is 16.0. The molecule has 192 valence electrons. The molecule has 0 aromatic heterocycles. The van der Waals surface area contributed by atoms with Crippen LogP contribution in [0.1, 0.15) is 65.4 Å². The van der Waals surface area contributed by atoms with Gasteiger partial charge in [-0.3, -0.25) is 4.79 Å². The highest BCUT2D eigenvalue weighted by molar-refractivity contribution is 6.74. The first kappa shape index (κ1) is 27.1. The minimum Gasteiger partial charge on any atom is -0.412 e. The van der Waals surface area contributed by atoms with E-state index in [0.717, 1.165) is 38.7 Å². The summed E-state index contributed by atoms with van der Waals surface area (Å²) in [4.78, 5) is 17.1. The molecule has 0 radical (unpaired) electrons. The lowest BCUT2D eigenvalue weighted by Crippen LogP contribution is -2.51. The number of rotatable bonds is 8. The largest absolute Gasteiger partial charge is 0.412 e. The van der Waals surface area contributed by atoms with Gasteiger partial charge >= 0.3 is 0 Å². The number of halogens is 1. The van der Waals surface area contributed by atoms with Crippen LogP contribution in [0.5, 0.6) is 0 Å². The normalized spacial score (nSPS) is 22.2. The molecule has 7 heteroatoms. The summed E-state index contributed by atoms with van der Waals surface area (Å²) >= 11 is 0. The Bertz CT molecular complexity index is 811. The molecule has 0 unspecified atom stereocenters. The lowest BCUT2D eigenvalue weighted by molar-refractivity contribution is -0.137. The molecule has 1 aliphatic carbocycles. The predicted octanol–water partition coefficient (Wildman–Crippen LogP) is 5.98. The summed E-state index contributed by atoms with van der Waals surface area (Å²) in [6.07, 6.45) is 5.14. The molecule has 34 heavy (non-hydrogen) atoms. The number of carbonyl (C=O) groups excluding carboxylic acids is 1. The van der Waals surface area contributed by atoms with Crippen LogP contribution in [-0.4, -0.2) is 58.0 Å². The lowest BCUT2D eigenvalue weighted by atomic mass is 9.86. The second kappa shape index (κ2) is 11.5. The van der Waals surface area contributed by atoms with Crippen LogP contribution in [0.2, 0.25) is 18.1 Å². The van der Waals surface area contributed by atoms with E-state index in [-0.39, 0.29) is 22.7 Å². The highest BCUT2D eigenvalue weighted by Crippen LogP contribution is 2.37. The number of carbonyl (C=O) groups is 1. The van der Waals surface area contributed by atoms with Gasteiger partial charge in [-0.15, -0.1) is 0 Å². The number of amides is 1. The second-order valence-electron chi connectivity index (χ2n) is 11.5. The molecular weight excluding hydrogens is 447 g/mol. The van der Waals surface area contributed by atoms with E-state index in [4.69, 9.17) is 9.16 Å². The van der Waals surface area contributed by atoms with Crippen molar-refractivity contribution in [2.75, 3.05) is 37.7 Å². The minimum atomic E-state index is -1.95. The van der Waals surface area contributed by atoms with E-state index < -0.39 is 8.32 Å². The maximum atomic E-state index is 15.4. The van der Waals surface area contributed by atoms with E-state index >= 15 is 4.39 Å². The van der Waals surface area contributed by atoms with Gasteiger partial charge in [-0.1, -0.05) is 39.8 Å². The summed E-state index contributed by atoms with van der Waals surface area (Å²) < 4.78 is 27.5. The van der Waals surface area contributed by atoms with Gasteiger partial charge in [-0.2, -0.15) is 0 Å². The zero-order chi connectivity index (χ0) is 24.9. The first-order chi connectivity index (χ1) is 16.0. The summed E-state index contributed by atoms with van der Waals surface area (Å²) in [5, 5.41) is 0.0890. The van der Waals surface area contributed by atoms with Gasteiger partial charge in [-0.25, -0.2) is 4.39 Å². The Kier molecular flexibility index (Phi) is 9.21. The standard InChI is InChI=1S/C27H45FN2O3Si/c1-7-19-32-23-13-11-21(12-14-23)26(31)30-17-15-29(16-18-30)24-10-8-9-22(25(24)28)20-33-34(5,6)27(2,3)4/h8-10,21,23H,7,11-20H2,1-6H3. The highest BCUT2D eigenvalue weighted by Gasteiger charge is 2.37. The molecule has 1 amide bonds. The Morgan fingerprint density at radius 3 is 2.32 bits per heavy atom. The van der Waals surface area contributed by atoms with E-state index in [2.05, 4.69) is 45.7 Å². The number of hydrogen-bond acceptors (Lipinski definition) is 4. The van der Waals surface area contributed by atoms with Gasteiger partial charge in [0.2, 0.25) is 5.91 Å². The fourth-order valence-electron chi connectivity index (χ4n) is 4.58. The fraction of sp³-hybridized carbons (Fsp3) is 0.741. The maximum Gasteiger partial charge on any atom is 0.225 e. The molecule has 1 aromatic rings. The zero-order valence-electron chi connectivity index (χ0n) is 22.2. The maximum absolute atomic E-state index is 15.4. The van der Waals surface area contributed by atoms with Gasteiger partial charge in [0, 0.05) is 44.3 Å². The molecule has 1 aliphatic heterocycles. The number of hydrogen-bond donors (Lipinski definition) is 0. The number of ether oxygens (including phenoxy) is 1. The van der Waals surface area contributed by atoms with Crippen molar-refractivity contribution in [3.8, 4) is 0 Å². The number of piperazine rings is 1. The van der Waals surface area contributed by atoms with Crippen LogP contribution in [0.3, 0.4) is 0 Å². The van der Waals surface area contributed by atoms with Crippen molar-refractivity contribution in [3.05, 3.63) is 29.6 Å². The Morgan fingerprint density at radius 1 is 1.09 bits per heavy atom. The van der Waals surface area contributed by atoms with E-state index in [1.54, 1.807) is 0 Å². The van der Waals surface area contributed by atoms with Crippen molar-refractivity contribution in [2.45, 2.75) is 90.6 Å². The second-order valence-corrected chi connectivity index (χ2v) is 16.3. The predicted molar refractivity (Wildman–Crippen MR) is 139 cm³/mol. The van der Waals surface area contributed by atoms with Gasteiger partial charge in [0.05, 0.1) is 18.4 Å². The van der Waals surface area contributed by atoms with Crippen LogP contribution in [0.15, 0.2) is 18.2 Å². The SMILES string of the molecule is CCCOC1CCC(C(=O)N2CCN(c3cccc(CO[Si](C)(C)C(C)(C)C)c3F)CC2)CC1. The van der Waals surface area contributed by atoms with Crippen molar-refractivity contribution < 1.29 is 18.3 Å². The highest BCUT2D eigenvalue weighted by atomic mass is 28.4. The zero-order valence-corrected chi connectivity index (χ0v) is 23.2. The average Bonchev–Trinajstić information content (AvgIpc) is 2.81. The summed E-state index contributed by atoms with van der Waals surface area (Å²) in [7, 11) is -1.95. The lowest BCUT2D eigenvalue weighted by Gasteiger charge is -2.39. The summed E-state index contributed by atoms with van der Waals surface area (Å²) in [6.45, 7) is 16.8. The molecule has 3 rings (SSSR count). The third-order valence-corrected chi connectivity index (χ3v) is 12.4. The Hall–Kier alpha value is -1.44. The summed E-state index contributed by atoms with van der Waals surface area (Å²) in [6, 6.07) is 5.59. The molecule has 0 atom stereocenters. The molecular formula is C27H45FN2O3Si. The van der Waals surface area contributed by atoms with Crippen LogP contribution in [0, 0.1) is 11.7 Å². The number of nitrogens with zero attached hydrogens (tertiary/aromatic N) is 2. The van der Waals surface area contributed by atoms with Crippen molar-refractivity contribution >= 4 is 19.9 Å². The van der Waals surface area contributed by atoms with Crippen molar-refractivity contribution in [1.29, 1.82) is 0 Å². The van der Waals surface area contributed by atoms with Crippen molar-refractivity contribution in [3.63, 3.8) is 0 Å². The molecule has 0 N–H and O–H groups in total. The molecule has 0 spiro atoms. The van der Waals surface area contributed by atoms with Gasteiger partial charge in [0.25, 0.3) is 0 Å². The van der Waals surface area contributed by atoms with Crippen LogP contribution in [0.4, 0.5) is 10.1 Å². The Balaban J connectivity index is 1.53. The summed E-state index contributed by atoms with van der Waals surface area (Å²) in [5.41, 5.74) is 1.24. The van der Waals surface area contributed by atoms with Crippen LogP contribution in [0.25, 0.3) is 0 Å². The fourth-order valence-corrected chi connectivity index (χ4v) is 5.53. The molecule has 5 nitrogen and oxygen atoms in total. The topological polar surface area (TPSA) is 42.0 Å².